The van der Waals surface area contributed by atoms with Gasteiger partial charge in [-0.1, -0.05) is 48.5 Å². The summed E-state index contributed by atoms with van der Waals surface area (Å²) in [6.07, 6.45) is 1.78. The molecule has 5 heteroatoms. The summed E-state index contributed by atoms with van der Waals surface area (Å²) in [5.41, 5.74) is 3.13. The van der Waals surface area contributed by atoms with E-state index in [0.717, 1.165) is 49.3 Å². The summed E-state index contributed by atoms with van der Waals surface area (Å²) in [5.74, 6) is 0.141. The lowest BCUT2D eigenvalue weighted by Crippen LogP contribution is -2.49. The number of pyridine rings is 1. The molecule has 1 N–H and O–H groups in total. The predicted octanol–water partition coefficient (Wildman–Crippen LogP) is 2.99. The molecule has 0 atom stereocenters. The maximum atomic E-state index is 12.6. The van der Waals surface area contributed by atoms with Crippen molar-refractivity contribution in [3.63, 3.8) is 0 Å². The summed E-state index contributed by atoms with van der Waals surface area (Å²) >= 11 is 0. The maximum absolute atomic E-state index is 12.6. The van der Waals surface area contributed by atoms with Crippen LogP contribution in [0.25, 0.3) is 10.9 Å². The Balaban J connectivity index is 1.29. The number of amides is 1. The fourth-order valence-electron chi connectivity index (χ4n) is 3.53. The second kappa shape index (κ2) is 8.18. The Labute approximate surface area is 159 Å². The molecule has 27 heavy (non-hydrogen) atoms. The topological polar surface area (TPSA) is 48.5 Å². The van der Waals surface area contributed by atoms with E-state index in [1.807, 2.05) is 41.3 Å². The summed E-state index contributed by atoms with van der Waals surface area (Å²) in [6.45, 7) is 4.63. The number of rotatable bonds is 5. The first kappa shape index (κ1) is 17.5. The van der Waals surface area contributed by atoms with Gasteiger partial charge in [0.2, 0.25) is 5.91 Å². The minimum Gasteiger partial charge on any atom is -0.374 e. The standard InChI is InChI=1S/C22H24N4O/c27-21(16-24-20-10-4-8-19-9-5-11-23-22(19)20)26-14-12-25(13-15-26)17-18-6-2-1-3-7-18/h1-11,24H,12-17H2. The molecule has 0 aliphatic carbocycles. The summed E-state index contributed by atoms with van der Waals surface area (Å²) < 4.78 is 0. The van der Waals surface area contributed by atoms with Gasteiger partial charge in [-0.2, -0.15) is 0 Å². The first-order valence-corrected chi connectivity index (χ1v) is 9.41. The molecule has 1 fully saturated rings. The Kier molecular flexibility index (Phi) is 5.30. The smallest absolute Gasteiger partial charge is 0.241 e. The van der Waals surface area contributed by atoms with Crippen molar-refractivity contribution in [3.05, 3.63) is 72.4 Å². The number of nitrogens with zero attached hydrogens (tertiary/aromatic N) is 3. The lowest BCUT2D eigenvalue weighted by Gasteiger charge is -2.34. The number of hydrogen-bond acceptors (Lipinski definition) is 4. The van der Waals surface area contributed by atoms with Crippen molar-refractivity contribution in [3.8, 4) is 0 Å². The van der Waals surface area contributed by atoms with E-state index < -0.39 is 0 Å². The van der Waals surface area contributed by atoms with E-state index in [-0.39, 0.29) is 5.91 Å². The number of hydrogen-bond donors (Lipinski definition) is 1. The molecule has 2 heterocycles. The van der Waals surface area contributed by atoms with Crippen LogP contribution < -0.4 is 5.32 Å². The number of aromatic nitrogens is 1. The van der Waals surface area contributed by atoms with E-state index in [9.17, 15) is 4.79 Å². The predicted molar refractivity (Wildman–Crippen MR) is 109 cm³/mol. The molecule has 1 aliphatic heterocycles. The van der Waals surface area contributed by atoms with Gasteiger partial charge in [0.05, 0.1) is 17.7 Å². The number of anilines is 1. The van der Waals surface area contributed by atoms with E-state index >= 15 is 0 Å². The molecule has 1 aromatic heterocycles. The van der Waals surface area contributed by atoms with Crippen molar-refractivity contribution in [2.45, 2.75) is 6.54 Å². The van der Waals surface area contributed by atoms with Gasteiger partial charge in [-0.05, 0) is 17.7 Å². The summed E-state index contributed by atoms with van der Waals surface area (Å²) in [7, 11) is 0. The summed E-state index contributed by atoms with van der Waals surface area (Å²) in [6, 6.07) is 20.4. The highest BCUT2D eigenvalue weighted by molar-refractivity contribution is 5.92. The first-order chi connectivity index (χ1) is 13.3. The van der Waals surface area contributed by atoms with Crippen LogP contribution in [-0.2, 0) is 11.3 Å². The second-order valence-corrected chi connectivity index (χ2v) is 6.88. The van der Waals surface area contributed by atoms with E-state index in [2.05, 4.69) is 39.5 Å². The third-order valence-corrected chi connectivity index (χ3v) is 5.04. The lowest BCUT2D eigenvalue weighted by molar-refractivity contribution is -0.131. The van der Waals surface area contributed by atoms with Crippen molar-refractivity contribution in [1.29, 1.82) is 0 Å². The zero-order valence-electron chi connectivity index (χ0n) is 15.3. The van der Waals surface area contributed by atoms with Crippen molar-refractivity contribution >= 4 is 22.5 Å². The van der Waals surface area contributed by atoms with E-state index in [4.69, 9.17) is 0 Å². The molecule has 0 saturated carbocycles. The number of benzene rings is 2. The Morgan fingerprint density at radius 2 is 1.70 bits per heavy atom. The van der Waals surface area contributed by atoms with Gasteiger partial charge in [-0.25, -0.2) is 0 Å². The SMILES string of the molecule is O=C(CNc1cccc2cccnc12)N1CCN(Cc2ccccc2)CC1. The highest BCUT2D eigenvalue weighted by Crippen LogP contribution is 2.20. The molecule has 2 aromatic carbocycles. The minimum atomic E-state index is 0.141. The molecule has 0 unspecified atom stereocenters. The van der Waals surface area contributed by atoms with E-state index in [1.165, 1.54) is 5.56 Å². The Bertz CT molecular complexity index is 899. The quantitative estimate of drug-likeness (QED) is 0.760. The molecule has 1 saturated heterocycles. The number of nitrogens with one attached hydrogen (secondary N) is 1. The summed E-state index contributed by atoms with van der Waals surface area (Å²) in [4.78, 5) is 21.4. The Morgan fingerprint density at radius 1 is 0.926 bits per heavy atom. The van der Waals surface area contributed by atoms with Gasteiger partial charge >= 0.3 is 0 Å². The van der Waals surface area contributed by atoms with Gasteiger partial charge in [0.1, 0.15) is 0 Å². The zero-order valence-corrected chi connectivity index (χ0v) is 15.3. The average molecular weight is 360 g/mol. The average Bonchev–Trinajstić information content (AvgIpc) is 2.73. The van der Waals surface area contributed by atoms with E-state index in [1.54, 1.807) is 6.20 Å². The number of carbonyl (C=O) groups is 1. The molecule has 0 bridgehead atoms. The number of para-hydroxylation sites is 1. The van der Waals surface area contributed by atoms with Gasteiger partial charge in [-0.15, -0.1) is 0 Å². The number of piperazine rings is 1. The minimum absolute atomic E-state index is 0.141. The zero-order chi connectivity index (χ0) is 18.5. The Morgan fingerprint density at radius 3 is 2.52 bits per heavy atom. The van der Waals surface area contributed by atoms with Crippen LogP contribution in [0.1, 0.15) is 5.56 Å². The van der Waals surface area contributed by atoms with Crippen LogP contribution in [0.2, 0.25) is 0 Å². The first-order valence-electron chi connectivity index (χ1n) is 9.41. The lowest BCUT2D eigenvalue weighted by atomic mass is 10.2. The Hall–Kier alpha value is -2.92. The van der Waals surface area contributed by atoms with Gasteiger partial charge in [-0.3, -0.25) is 14.7 Å². The molecule has 0 spiro atoms. The molecule has 4 rings (SSSR count). The molecule has 138 valence electrons. The third-order valence-electron chi connectivity index (χ3n) is 5.04. The van der Waals surface area contributed by atoms with Crippen LogP contribution >= 0.6 is 0 Å². The van der Waals surface area contributed by atoms with Crippen LogP contribution in [0.15, 0.2) is 66.9 Å². The van der Waals surface area contributed by atoms with Crippen molar-refractivity contribution in [2.24, 2.45) is 0 Å². The van der Waals surface area contributed by atoms with Crippen molar-refractivity contribution in [2.75, 3.05) is 38.0 Å². The fraction of sp³-hybridized carbons (Fsp3) is 0.273. The molecule has 0 radical (unpaired) electrons. The summed E-state index contributed by atoms with van der Waals surface area (Å²) in [5, 5.41) is 4.34. The molecule has 1 aliphatic rings. The van der Waals surface area contributed by atoms with Crippen LogP contribution in [-0.4, -0.2) is 53.4 Å². The van der Waals surface area contributed by atoms with Crippen molar-refractivity contribution < 1.29 is 4.79 Å². The van der Waals surface area contributed by atoms with Crippen LogP contribution in [0.4, 0.5) is 5.69 Å². The van der Waals surface area contributed by atoms with E-state index in [0.29, 0.717) is 6.54 Å². The maximum Gasteiger partial charge on any atom is 0.241 e. The molecule has 1 amide bonds. The van der Waals surface area contributed by atoms with Crippen LogP contribution in [0, 0.1) is 0 Å². The number of carbonyl (C=O) groups excluding carboxylic acids is 1. The normalized spacial score (nSPS) is 15.0. The molecule has 5 nitrogen and oxygen atoms in total. The molecular formula is C22H24N4O. The van der Waals surface area contributed by atoms with Crippen molar-refractivity contribution in [1.82, 2.24) is 14.8 Å². The molecular weight excluding hydrogens is 336 g/mol. The van der Waals surface area contributed by atoms with Gasteiger partial charge in [0, 0.05) is 44.3 Å². The third kappa shape index (κ3) is 4.26. The highest BCUT2D eigenvalue weighted by atomic mass is 16.2. The molecule has 3 aromatic rings. The second-order valence-electron chi connectivity index (χ2n) is 6.88. The van der Waals surface area contributed by atoms with Crippen LogP contribution in [0.5, 0.6) is 0 Å². The van der Waals surface area contributed by atoms with Gasteiger partial charge < -0.3 is 10.2 Å². The van der Waals surface area contributed by atoms with Gasteiger partial charge in [0.15, 0.2) is 0 Å². The number of fused-ring (bicyclic) bond motifs is 1. The van der Waals surface area contributed by atoms with Crippen LogP contribution in [0.3, 0.4) is 0 Å². The fourth-order valence-corrected chi connectivity index (χ4v) is 3.53. The monoisotopic (exact) mass is 360 g/mol. The largest absolute Gasteiger partial charge is 0.374 e. The highest BCUT2D eigenvalue weighted by Gasteiger charge is 2.21. The van der Waals surface area contributed by atoms with Gasteiger partial charge in [0.25, 0.3) is 0 Å².